The average molecular weight is 364 g/mol. The monoisotopic (exact) mass is 363 g/mol. The Morgan fingerprint density at radius 1 is 1.50 bits per heavy atom. The van der Waals surface area contributed by atoms with Crippen molar-refractivity contribution in [1.29, 1.82) is 0 Å². The van der Waals surface area contributed by atoms with Crippen LogP contribution >= 0.6 is 15.9 Å². The molecular formula is C13H18BrNO4S. The highest BCUT2D eigenvalue weighted by atomic mass is 79.9. The number of ether oxygens (including phenoxy) is 2. The van der Waals surface area contributed by atoms with E-state index in [0.29, 0.717) is 23.4 Å². The topological polar surface area (TPSA) is 64.6 Å². The molecule has 0 aromatic heterocycles. The maximum atomic E-state index is 12.4. The van der Waals surface area contributed by atoms with E-state index >= 15 is 0 Å². The van der Waals surface area contributed by atoms with E-state index in [0.717, 1.165) is 19.4 Å². The van der Waals surface area contributed by atoms with E-state index in [4.69, 9.17) is 9.47 Å². The smallest absolute Gasteiger partial charge is 0.244 e. The molecule has 7 heteroatoms. The second kappa shape index (κ2) is 6.89. The van der Waals surface area contributed by atoms with Gasteiger partial charge in [0.15, 0.2) is 0 Å². The summed E-state index contributed by atoms with van der Waals surface area (Å²) in [7, 11) is -2.13. The van der Waals surface area contributed by atoms with E-state index in [1.54, 1.807) is 18.2 Å². The van der Waals surface area contributed by atoms with Gasteiger partial charge in [-0.3, -0.25) is 0 Å². The van der Waals surface area contributed by atoms with E-state index < -0.39 is 10.0 Å². The molecule has 1 aliphatic rings. The minimum Gasteiger partial charge on any atom is -0.495 e. The first-order valence-electron chi connectivity index (χ1n) is 6.44. The fourth-order valence-electron chi connectivity index (χ4n) is 2.13. The molecule has 0 bridgehead atoms. The molecule has 0 amide bonds. The maximum Gasteiger partial charge on any atom is 0.244 e. The van der Waals surface area contributed by atoms with Gasteiger partial charge in [0.25, 0.3) is 0 Å². The lowest BCUT2D eigenvalue weighted by Crippen LogP contribution is -2.33. The summed E-state index contributed by atoms with van der Waals surface area (Å²) in [4.78, 5) is 0.145. The molecule has 1 aromatic carbocycles. The minimum absolute atomic E-state index is 0.145. The van der Waals surface area contributed by atoms with Crippen LogP contribution in [0.15, 0.2) is 27.6 Å². The SMILES string of the molecule is COc1ccc(Br)cc1S(=O)(=O)NCC1CCCOC1. The molecule has 1 aliphatic heterocycles. The number of methoxy groups -OCH3 is 1. The van der Waals surface area contributed by atoms with Gasteiger partial charge in [0.2, 0.25) is 10.0 Å². The molecule has 2 rings (SSSR count). The van der Waals surface area contributed by atoms with Crippen LogP contribution in [0.25, 0.3) is 0 Å². The van der Waals surface area contributed by atoms with Crippen LogP contribution in [0.4, 0.5) is 0 Å². The highest BCUT2D eigenvalue weighted by Gasteiger charge is 2.22. The molecule has 1 unspecified atom stereocenters. The lowest BCUT2D eigenvalue weighted by molar-refractivity contribution is 0.0568. The van der Waals surface area contributed by atoms with Crippen LogP contribution in [0.5, 0.6) is 5.75 Å². The normalized spacial score (nSPS) is 19.8. The largest absolute Gasteiger partial charge is 0.495 e. The van der Waals surface area contributed by atoms with Gasteiger partial charge in [0.1, 0.15) is 10.6 Å². The van der Waals surface area contributed by atoms with Gasteiger partial charge in [0, 0.05) is 17.6 Å². The first-order valence-corrected chi connectivity index (χ1v) is 8.71. The van der Waals surface area contributed by atoms with Gasteiger partial charge in [-0.15, -0.1) is 0 Å². The summed E-state index contributed by atoms with van der Waals surface area (Å²) in [5.41, 5.74) is 0. The molecule has 20 heavy (non-hydrogen) atoms. The Bertz CT molecular complexity index is 555. The molecule has 0 saturated carbocycles. The molecule has 1 saturated heterocycles. The van der Waals surface area contributed by atoms with Crippen molar-refractivity contribution >= 4 is 26.0 Å². The lowest BCUT2D eigenvalue weighted by atomic mass is 10.0. The fraction of sp³-hybridized carbons (Fsp3) is 0.538. The second-order valence-electron chi connectivity index (χ2n) is 4.73. The summed E-state index contributed by atoms with van der Waals surface area (Å²) in [5.74, 6) is 0.567. The number of hydrogen-bond acceptors (Lipinski definition) is 4. The quantitative estimate of drug-likeness (QED) is 0.870. The zero-order valence-corrected chi connectivity index (χ0v) is 13.7. The maximum absolute atomic E-state index is 12.4. The van der Waals surface area contributed by atoms with Crippen LogP contribution in [0.2, 0.25) is 0 Å². The van der Waals surface area contributed by atoms with Crippen molar-refractivity contribution in [1.82, 2.24) is 4.72 Å². The molecule has 1 fully saturated rings. The van der Waals surface area contributed by atoms with Gasteiger partial charge >= 0.3 is 0 Å². The zero-order valence-electron chi connectivity index (χ0n) is 11.3. The van der Waals surface area contributed by atoms with Gasteiger partial charge in [-0.1, -0.05) is 15.9 Å². The number of hydrogen-bond donors (Lipinski definition) is 1. The van der Waals surface area contributed by atoms with E-state index in [1.807, 2.05) is 0 Å². The van der Waals surface area contributed by atoms with Gasteiger partial charge < -0.3 is 9.47 Å². The molecule has 1 heterocycles. The van der Waals surface area contributed by atoms with Crippen LogP contribution in [0, 0.1) is 5.92 Å². The predicted octanol–water partition coefficient (Wildman–Crippen LogP) is 2.16. The van der Waals surface area contributed by atoms with Crippen LogP contribution in [-0.2, 0) is 14.8 Å². The van der Waals surface area contributed by atoms with Crippen molar-refractivity contribution in [3.05, 3.63) is 22.7 Å². The van der Waals surface area contributed by atoms with Crippen LogP contribution in [0.3, 0.4) is 0 Å². The summed E-state index contributed by atoms with van der Waals surface area (Å²) in [6.45, 7) is 1.76. The van der Waals surface area contributed by atoms with Crippen molar-refractivity contribution in [2.75, 3.05) is 26.9 Å². The van der Waals surface area contributed by atoms with E-state index in [2.05, 4.69) is 20.7 Å². The fourth-order valence-corrected chi connectivity index (χ4v) is 3.96. The standard InChI is InChI=1S/C13H18BrNO4S/c1-18-12-5-4-11(14)7-13(12)20(16,17)15-8-10-3-2-6-19-9-10/h4-5,7,10,15H,2-3,6,8-9H2,1H3. The summed E-state index contributed by atoms with van der Waals surface area (Å²) in [5, 5.41) is 0. The average Bonchev–Trinajstić information content (AvgIpc) is 2.46. The third kappa shape index (κ3) is 3.94. The third-order valence-corrected chi connectivity index (χ3v) is 5.17. The molecule has 112 valence electrons. The number of halogens is 1. The number of sulfonamides is 1. The van der Waals surface area contributed by atoms with Gasteiger partial charge in [-0.05, 0) is 37.0 Å². The van der Waals surface area contributed by atoms with E-state index in [9.17, 15) is 8.42 Å². The highest BCUT2D eigenvalue weighted by molar-refractivity contribution is 9.10. The molecule has 1 aromatic rings. The van der Waals surface area contributed by atoms with Crippen LogP contribution < -0.4 is 9.46 Å². The molecule has 5 nitrogen and oxygen atoms in total. The third-order valence-electron chi connectivity index (χ3n) is 3.23. The highest BCUT2D eigenvalue weighted by Crippen LogP contribution is 2.27. The van der Waals surface area contributed by atoms with Crippen molar-refractivity contribution in [2.45, 2.75) is 17.7 Å². The summed E-state index contributed by atoms with van der Waals surface area (Å²) < 4.78 is 38.5. The summed E-state index contributed by atoms with van der Waals surface area (Å²) >= 11 is 3.28. The van der Waals surface area contributed by atoms with Crippen molar-refractivity contribution < 1.29 is 17.9 Å². The molecule has 0 aliphatic carbocycles. The van der Waals surface area contributed by atoms with E-state index in [-0.39, 0.29) is 10.8 Å². The first-order chi connectivity index (χ1) is 9.53. The number of nitrogens with one attached hydrogen (secondary N) is 1. The van der Waals surface area contributed by atoms with Crippen LogP contribution in [-0.4, -0.2) is 35.3 Å². The van der Waals surface area contributed by atoms with E-state index in [1.165, 1.54) is 7.11 Å². The molecule has 1 atom stereocenters. The van der Waals surface area contributed by atoms with Gasteiger partial charge in [0.05, 0.1) is 13.7 Å². The minimum atomic E-state index is -3.59. The van der Waals surface area contributed by atoms with Crippen LogP contribution in [0.1, 0.15) is 12.8 Å². The Balaban J connectivity index is 2.11. The Labute approximate surface area is 127 Å². The zero-order chi connectivity index (χ0) is 14.6. The molecule has 0 radical (unpaired) electrons. The Morgan fingerprint density at radius 2 is 2.30 bits per heavy atom. The number of rotatable bonds is 5. The van der Waals surface area contributed by atoms with Gasteiger partial charge in [-0.2, -0.15) is 0 Å². The first kappa shape index (κ1) is 15.8. The lowest BCUT2D eigenvalue weighted by Gasteiger charge is -2.22. The second-order valence-corrected chi connectivity index (χ2v) is 7.38. The number of benzene rings is 1. The Kier molecular flexibility index (Phi) is 5.42. The Hall–Kier alpha value is -0.630. The predicted molar refractivity (Wildman–Crippen MR) is 79.4 cm³/mol. The van der Waals surface area contributed by atoms with Crippen molar-refractivity contribution in [3.63, 3.8) is 0 Å². The van der Waals surface area contributed by atoms with Crippen molar-refractivity contribution in [2.24, 2.45) is 5.92 Å². The summed E-state index contributed by atoms with van der Waals surface area (Å²) in [6.07, 6.45) is 1.96. The molecular weight excluding hydrogens is 346 g/mol. The Morgan fingerprint density at radius 3 is 2.95 bits per heavy atom. The molecule has 0 spiro atoms. The van der Waals surface area contributed by atoms with Gasteiger partial charge in [-0.25, -0.2) is 13.1 Å². The van der Waals surface area contributed by atoms with Crippen molar-refractivity contribution in [3.8, 4) is 5.75 Å². The summed E-state index contributed by atoms with van der Waals surface area (Å²) in [6, 6.07) is 4.91. The molecule has 1 N–H and O–H groups in total.